The molecule has 1 amide bonds. The van der Waals surface area contributed by atoms with Crippen LogP contribution in [0.15, 0.2) is 89.6 Å². The van der Waals surface area contributed by atoms with Crippen molar-refractivity contribution < 1.29 is 27.6 Å². The van der Waals surface area contributed by atoms with Gasteiger partial charge < -0.3 is 24.3 Å². The SMILES string of the molecule is O=C(NS(=O)(=O)c1cc([N+](=O)[O-])c2[nH]c(CC3CCOCC3)nc2c1)c1ccc(N2CCN(CC3=C(c4ccc(Cl)cc4)CC4(CCC4)CC3)CC2)cc1Oc1cnc2[nH]ccc2c1. The number of aromatic amines is 2. The van der Waals surface area contributed by atoms with E-state index in [9.17, 15) is 23.3 Å². The first-order chi connectivity index (χ1) is 31.0. The quantitative estimate of drug-likeness (QED) is 0.0786. The molecular weight excluding hydrogens is 856 g/mol. The molecular formula is C47H49ClN8O7S. The van der Waals surface area contributed by atoms with Crippen molar-refractivity contribution in [3.63, 3.8) is 0 Å². The lowest BCUT2D eigenvalue weighted by Gasteiger charge is -2.47. The third kappa shape index (κ3) is 8.71. The zero-order valence-corrected chi connectivity index (χ0v) is 36.8. The second kappa shape index (κ2) is 17.3. The number of benzene rings is 3. The fraction of sp³-hybridized carbons (Fsp3) is 0.383. The number of amides is 1. The lowest BCUT2D eigenvalue weighted by atomic mass is 9.59. The Kier molecular flexibility index (Phi) is 11.4. The number of anilines is 1. The van der Waals surface area contributed by atoms with E-state index < -0.39 is 31.4 Å². The molecule has 1 saturated carbocycles. The summed E-state index contributed by atoms with van der Waals surface area (Å²) >= 11 is 6.28. The summed E-state index contributed by atoms with van der Waals surface area (Å²) in [5, 5.41) is 13.8. The van der Waals surface area contributed by atoms with E-state index in [2.05, 4.69) is 46.6 Å². The van der Waals surface area contributed by atoms with Gasteiger partial charge in [0.15, 0.2) is 0 Å². The van der Waals surface area contributed by atoms with Crippen molar-refractivity contribution in [2.45, 2.75) is 62.7 Å². The average molecular weight is 905 g/mol. The molecule has 4 aliphatic rings. The summed E-state index contributed by atoms with van der Waals surface area (Å²) in [4.78, 5) is 45.0. The number of carbonyl (C=O) groups is 1. The van der Waals surface area contributed by atoms with Crippen molar-refractivity contribution in [3.8, 4) is 11.5 Å². The molecule has 3 aromatic heterocycles. The predicted molar refractivity (Wildman–Crippen MR) is 244 cm³/mol. The fourth-order valence-electron chi connectivity index (χ4n) is 9.88. The van der Waals surface area contributed by atoms with Gasteiger partial charge in [-0.2, -0.15) is 0 Å². The number of nitrogens with zero attached hydrogens (tertiary/aromatic N) is 5. The lowest BCUT2D eigenvalue weighted by molar-refractivity contribution is -0.383. The highest BCUT2D eigenvalue weighted by Crippen LogP contribution is 2.55. The minimum Gasteiger partial charge on any atom is -0.455 e. The summed E-state index contributed by atoms with van der Waals surface area (Å²) < 4.78 is 41.8. The highest BCUT2D eigenvalue weighted by atomic mass is 35.5. The van der Waals surface area contributed by atoms with Crippen LogP contribution in [-0.4, -0.2) is 90.0 Å². The van der Waals surface area contributed by atoms with Crippen molar-refractivity contribution in [2.75, 3.05) is 50.8 Å². The van der Waals surface area contributed by atoms with E-state index in [0.29, 0.717) is 42.3 Å². The number of H-pyrrole nitrogens is 2. The molecule has 0 atom stereocenters. The minimum absolute atomic E-state index is 0.0441. The fourth-order valence-corrected chi connectivity index (χ4v) is 11.0. The number of ether oxygens (including phenoxy) is 2. The Bertz CT molecular complexity index is 2900. The molecule has 2 aliphatic heterocycles. The van der Waals surface area contributed by atoms with Crippen LogP contribution in [0.3, 0.4) is 0 Å². The van der Waals surface area contributed by atoms with Gasteiger partial charge in [0.25, 0.3) is 21.6 Å². The number of non-ortho nitro benzene ring substituents is 1. The molecule has 5 heterocycles. The smallest absolute Gasteiger partial charge is 0.296 e. The van der Waals surface area contributed by atoms with Gasteiger partial charge in [-0.05, 0) is 110 Å². The van der Waals surface area contributed by atoms with Crippen LogP contribution in [0.5, 0.6) is 11.5 Å². The number of nitro benzene ring substituents is 1. The molecule has 332 valence electrons. The minimum atomic E-state index is -4.63. The Balaban J connectivity index is 0.890. The molecule has 15 nitrogen and oxygen atoms in total. The summed E-state index contributed by atoms with van der Waals surface area (Å²) in [5.41, 5.74) is 5.90. The van der Waals surface area contributed by atoms with Gasteiger partial charge in [0.1, 0.15) is 28.5 Å². The van der Waals surface area contributed by atoms with Crippen molar-refractivity contribution in [3.05, 3.63) is 117 Å². The largest absolute Gasteiger partial charge is 0.455 e. The monoisotopic (exact) mass is 904 g/mol. The number of carbonyl (C=O) groups excluding carboxylic acids is 1. The lowest BCUT2D eigenvalue weighted by Crippen LogP contribution is -2.47. The summed E-state index contributed by atoms with van der Waals surface area (Å²) in [6.45, 7) is 5.29. The number of pyridine rings is 1. The Morgan fingerprint density at radius 2 is 1.81 bits per heavy atom. The van der Waals surface area contributed by atoms with Gasteiger partial charge in [-0.15, -0.1) is 0 Å². The number of hydrogen-bond acceptors (Lipinski definition) is 11. The normalized spacial score (nSPS) is 18.4. The summed E-state index contributed by atoms with van der Waals surface area (Å²) in [6, 6.07) is 19.2. The molecule has 3 N–H and O–H groups in total. The number of nitrogens with one attached hydrogen (secondary N) is 3. The number of rotatable bonds is 12. The van der Waals surface area contributed by atoms with Gasteiger partial charge in [-0.25, -0.2) is 23.1 Å². The van der Waals surface area contributed by atoms with Crippen LogP contribution in [0.1, 0.15) is 73.1 Å². The highest BCUT2D eigenvalue weighted by Gasteiger charge is 2.41. The number of sulfonamides is 1. The summed E-state index contributed by atoms with van der Waals surface area (Å²) in [7, 11) is -4.63. The maximum absolute atomic E-state index is 14.1. The van der Waals surface area contributed by atoms with Gasteiger partial charge in [0.05, 0.1) is 27.1 Å². The first kappa shape index (κ1) is 42.2. The molecule has 10 rings (SSSR count). The Hall–Kier alpha value is -5.81. The summed E-state index contributed by atoms with van der Waals surface area (Å²) in [6.07, 6.45) is 12.9. The first-order valence-corrected chi connectivity index (χ1v) is 23.8. The first-order valence-electron chi connectivity index (χ1n) is 22.0. The van der Waals surface area contributed by atoms with E-state index in [4.69, 9.17) is 21.1 Å². The number of piperazine rings is 1. The number of nitro groups is 1. The molecule has 2 aliphatic carbocycles. The van der Waals surface area contributed by atoms with Gasteiger partial charge >= 0.3 is 0 Å². The van der Waals surface area contributed by atoms with Crippen LogP contribution in [0, 0.1) is 21.4 Å². The molecule has 0 unspecified atom stereocenters. The highest BCUT2D eigenvalue weighted by molar-refractivity contribution is 7.90. The Labute approximate surface area is 375 Å². The standard InChI is InChI=1S/C47H49ClN8O7S/c48-34-4-2-31(3-5-34)39-27-47(12-1-13-47)14-8-33(39)29-54-16-18-55(19-17-54)35-6-7-38(42(24-35)63-36-23-32-9-15-49-45(32)50-28-36)46(57)53-64(60,61)37-25-40-44(41(26-37)56(58)59)52-43(51-40)22-30-10-20-62-21-11-30/h2-7,9,15,23-26,28,30H,1,8,10-14,16-22,27,29H2,(H,49,50)(H,51,52)(H,53,57). The third-order valence-corrected chi connectivity index (χ3v) is 15.2. The van der Waals surface area contributed by atoms with E-state index in [1.54, 1.807) is 30.5 Å². The van der Waals surface area contributed by atoms with E-state index >= 15 is 0 Å². The zero-order chi connectivity index (χ0) is 44.0. The van der Waals surface area contributed by atoms with Crippen LogP contribution in [-0.2, 0) is 21.2 Å². The van der Waals surface area contributed by atoms with E-state index in [0.717, 1.165) is 80.6 Å². The number of aromatic nitrogens is 4. The molecule has 1 spiro atoms. The van der Waals surface area contributed by atoms with E-state index in [1.165, 1.54) is 54.7 Å². The molecule has 64 heavy (non-hydrogen) atoms. The molecule has 6 aromatic rings. The number of allylic oxidation sites excluding steroid dienone is 1. The molecule has 3 fully saturated rings. The summed E-state index contributed by atoms with van der Waals surface area (Å²) in [5.74, 6) is 0.310. The number of halogens is 1. The number of hydrogen-bond donors (Lipinski definition) is 3. The second-order valence-electron chi connectivity index (χ2n) is 17.7. The molecule has 0 bridgehead atoms. The topological polar surface area (TPSA) is 189 Å². The van der Waals surface area contributed by atoms with Crippen molar-refractivity contribution >= 4 is 66.5 Å². The van der Waals surface area contributed by atoms with Crippen molar-refractivity contribution in [2.24, 2.45) is 11.3 Å². The van der Waals surface area contributed by atoms with Crippen molar-refractivity contribution in [1.29, 1.82) is 0 Å². The van der Waals surface area contributed by atoms with Gasteiger partial charge in [0.2, 0.25) is 0 Å². The maximum atomic E-state index is 14.1. The molecule has 17 heteroatoms. The van der Waals surface area contributed by atoms with Crippen LogP contribution in [0.25, 0.3) is 27.6 Å². The van der Waals surface area contributed by atoms with Crippen LogP contribution in [0.4, 0.5) is 11.4 Å². The molecule has 2 saturated heterocycles. The number of fused-ring (bicyclic) bond motifs is 2. The van der Waals surface area contributed by atoms with Gasteiger partial charge in [0, 0.05) is 86.8 Å². The van der Waals surface area contributed by atoms with Crippen molar-refractivity contribution in [1.82, 2.24) is 29.6 Å². The predicted octanol–water partition coefficient (Wildman–Crippen LogP) is 8.81. The second-order valence-corrected chi connectivity index (χ2v) is 19.8. The Morgan fingerprint density at radius 1 is 1.02 bits per heavy atom. The Morgan fingerprint density at radius 3 is 2.56 bits per heavy atom. The van der Waals surface area contributed by atoms with Crippen LogP contribution < -0.4 is 14.4 Å². The van der Waals surface area contributed by atoms with Gasteiger partial charge in [-0.3, -0.25) is 19.8 Å². The van der Waals surface area contributed by atoms with Crippen LogP contribution in [0.2, 0.25) is 5.02 Å². The average Bonchev–Trinajstić information content (AvgIpc) is 3.93. The van der Waals surface area contributed by atoms with Crippen LogP contribution >= 0.6 is 11.6 Å². The van der Waals surface area contributed by atoms with E-state index in [1.807, 2.05) is 18.2 Å². The van der Waals surface area contributed by atoms with E-state index in [-0.39, 0.29) is 28.3 Å². The molecule has 0 radical (unpaired) electrons. The maximum Gasteiger partial charge on any atom is 0.296 e. The zero-order valence-electron chi connectivity index (χ0n) is 35.3. The third-order valence-electron chi connectivity index (χ3n) is 13.7. The molecule has 3 aromatic carbocycles. The van der Waals surface area contributed by atoms with Gasteiger partial charge in [-0.1, -0.05) is 35.7 Å². The number of imidazole rings is 1.